The van der Waals surface area contributed by atoms with Crippen molar-refractivity contribution in [3.8, 4) is 5.75 Å². The van der Waals surface area contributed by atoms with Crippen LogP contribution < -0.4 is 4.74 Å². The normalized spacial score (nSPS) is 16.8. The van der Waals surface area contributed by atoms with E-state index in [4.69, 9.17) is 20.9 Å². The van der Waals surface area contributed by atoms with E-state index in [-0.39, 0.29) is 9.92 Å². The molecule has 1 aromatic heterocycles. The van der Waals surface area contributed by atoms with Gasteiger partial charge in [-0.05, 0) is 32.0 Å². The molecule has 3 rings (SSSR count). The van der Waals surface area contributed by atoms with Crippen LogP contribution >= 0.6 is 11.6 Å². The van der Waals surface area contributed by atoms with Crippen molar-refractivity contribution in [2.24, 2.45) is 0 Å². The van der Waals surface area contributed by atoms with Gasteiger partial charge in [-0.25, -0.2) is 8.42 Å². The summed E-state index contributed by atoms with van der Waals surface area (Å²) in [6, 6.07) is 4.53. The topological polar surface area (TPSA) is 75.9 Å². The third kappa shape index (κ3) is 3.73. The molecule has 2 heterocycles. The maximum Gasteiger partial charge on any atom is 0.243 e. The Morgan fingerprint density at radius 3 is 2.46 bits per heavy atom. The van der Waals surface area contributed by atoms with E-state index in [2.05, 4.69) is 10.1 Å². The van der Waals surface area contributed by atoms with E-state index in [1.165, 1.54) is 23.5 Å². The number of hydrogen-bond acceptors (Lipinski definition) is 6. The third-order valence-electron chi connectivity index (χ3n) is 4.66. The van der Waals surface area contributed by atoms with Gasteiger partial charge < -0.3 is 9.26 Å². The van der Waals surface area contributed by atoms with Gasteiger partial charge in [-0.2, -0.15) is 4.31 Å². The van der Waals surface area contributed by atoms with Crippen molar-refractivity contribution in [3.63, 3.8) is 0 Å². The number of methoxy groups -OCH3 is 1. The van der Waals surface area contributed by atoms with Gasteiger partial charge in [0, 0.05) is 38.3 Å². The lowest BCUT2D eigenvalue weighted by Gasteiger charge is -2.33. The molecule has 0 spiro atoms. The minimum atomic E-state index is -3.58. The average Bonchev–Trinajstić information content (AvgIpc) is 2.94. The molecule has 1 aliphatic heterocycles. The number of ether oxygens (including phenoxy) is 1. The zero-order valence-electron chi connectivity index (χ0n) is 15.0. The van der Waals surface area contributed by atoms with E-state index in [1.807, 2.05) is 13.8 Å². The van der Waals surface area contributed by atoms with Crippen LogP contribution in [0.4, 0.5) is 0 Å². The monoisotopic (exact) mass is 399 g/mol. The smallest absolute Gasteiger partial charge is 0.243 e. The van der Waals surface area contributed by atoms with Crippen molar-refractivity contribution in [1.29, 1.82) is 0 Å². The first-order valence-corrected chi connectivity index (χ1v) is 10.1. The fourth-order valence-corrected chi connectivity index (χ4v) is 4.81. The molecule has 0 amide bonds. The quantitative estimate of drug-likeness (QED) is 0.768. The Morgan fingerprint density at radius 2 is 1.92 bits per heavy atom. The molecule has 0 bridgehead atoms. The van der Waals surface area contributed by atoms with Crippen molar-refractivity contribution < 1.29 is 17.7 Å². The Balaban J connectivity index is 1.68. The number of rotatable bonds is 5. The first-order valence-electron chi connectivity index (χ1n) is 8.30. The highest BCUT2D eigenvalue weighted by molar-refractivity contribution is 7.89. The number of piperazine rings is 1. The van der Waals surface area contributed by atoms with Crippen LogP contribution in [-0.2, 0) is 16.6 Å². The summed E-state index contributed by atoms with van der Waals surface area (Å²) >= 11 is 6.08. The number of sulfonamides is 1. The number of benzene rings is 1. The van der Waals surface area contributed by atoms with Gasteiger partial charge in [0.15, 0.2) is 0 Å². The lowest BCUT2D eigenvalue weighted by molar-refractivity contribution is 0.180. The number of halogens is 1. The highest BCUT2D eigenvalue weighted by atomic mass is 35.5. The minimum absolute atomic E-state index is 0.183. The summed E-state index contributed by atoms with van der Waals surface area (Å²) in [4.78, 5) is 2.39. The second kappa shape index (κ2) is 7.56. The molecule has 9 heteroatoms. The molecule has 2 aromatic rings. The van der Waals surface area contributed by atoms with Crippen LogP contribution in [0.3, 0.4) is 0 Å². The van der Waals surface area contributed by atoms with Crippen LogP contribution in [0.15, 0.2) is 27.6 Å². The van der Waals surface area contributed by atoms with E-state index < -0.39 is 10.0 Å². The molecule has 0 atom stereocenters. The number of nitrogens with zero attached hydrogens (tertiary/aromatic N) is 3. The first-order chi connectivity index (χ1) is 12.3. The van der Waals surface area contributed by atoms with Gasteiger partial charge >= 0.3 is 0 Å². The summed E-state index contributed by atoms with van der Waals surface area (Å²) in [7, 11) is -2.08. The van der Waals surface area contributed by atoms with Crippen LogP contribution in [0.5, 0.6) is 5.75 Å². The fourth-order valence-electron chi connectivity index (χ4n) is 3.04. The summed E-state index contributed by atoms with van der Waals surface area (Å²) in [5.74, 6) is 1.26. The van der Waals surface area contributed by atoms with Gasteiger partial charge in [0.25, 0.3) is 0 Å². The molecule has 1 aromatic carbocycles. The van der Waals surface area contributed by atoms with Gasteiger partial charge in [-0.15, -0.1) is 0 Å². The molecule has 1 saturated heterocycles. The maximum absolute atomic E-state index is 12.9. The van der Waals surface area contributed by atoms with Crippen LogP contribution in [0.1, 0.15) is 17.0 Å². The van der Waals surface area contributed by atoms with E-state index in [1.54, 1.807) is 6.07 Å². The second-order valence-electron chi connectivity index (χ2n) is 6.28. The van der Waals surface area contributed by atoms with Gasteiger partial charge in [0.2, 0.25) is 10.0 Å². The predicted octanol–water partition coefficient (Wildman–Crippen LogP) is 2.46. The number of aromatic nitrogens is 1. The Labute approximate surface area is 158 Å². The van der Waals surface area contributed by atoms with E-state index in [0.717, 1.165) is 17.0 Å². The molecular weight excluding hydrogens is 378 g/mol. The molecule has 0 saturated carbocycles. The van der Waals surface area contributed by atoms with E-state index in [0.29, 0.717) is 38.5 Å². The van der Waals surface area contributed by atoms with Gasteiger partial charge in [0.05, 0.1) is 22.7 Å². The lowest BCUT2D eigenvalue weighted by Crippen LogP contribution is -2.48. The van der Waals surface area contributed by atoms with E-state index >= 15 is 0 Å². The van der Waals surface area contributed by atoms with Gasteiger partial charge in [-0.3, -0.25) is 4.90 Å². The molecular formula is C17H22ClN3O4S. The standard InChI is InChI=1S/C17H22ClN3O4S/c1-12-15(13(2)25-19-12)11-20-6-8-21(9-7-20)26(22,23)14-4-5-17(24-3)16(18)10-14/h4-5,10H,6-9,11H2,1-3H3. The molecule has 1 aliphatic rings. The largest absolute Gasteiger partial charge is 0.495 e. The summed E-state index contributed by atoms with van der Waals surface area (Å²) in [5.41, 5.74) is 1.95. The zero-order chi connectivity index (χ0) is 18.9. The van der Waals surface area contributed by atoms with Gasteiger partial charge in [-0.1, -0.05) is 16.8 Å². The molecule has 0 radical (unpaired) electrons. The second-order valence-corrected chi connectivity index (χ2v) is 8.62. The summed E-state index contributed by atoms with van der Waals surface area (Å²) in [6.07, 6.45) is 0. The Bertz CT molecular complexity index is 870. The number of hydrogen-bond donors (Lipinski definition) is 0. The van der Waals surface area contributed by atoms with Crippen molar-refractivity contribution in [3.05, 3.63) is 40.2 Å². The van der Waals surface area contributed by atoms with Crippen LogP contribution in [0.25, 0.3) is 0 Å². The molecule has 1 fully saturated rings. The SMILES string of the molecule is COc1ccc(S(=O)(=O)N2CCN(Cc3c(C)noc3C)CC2)cc1Cl. The lowest BCUT2D eigenvalue weighted by atomic mass is 10.2. The molecule has 26 heavy (non-hydrogen) atoms. The van der Waals surface area contributed by atoms with E-state index in [9.17, 15) is 8.42 Å². The van der Waals surface area contributed by atoms with Gasteiger partial charge in [0.1, 0.15) is 11.5 Å². The number of aryl methyl sites for hydroxylation is 2. The predicted molar refractivity (Wildman–Crippen MR) is 98.0 cm³/mol. The Hall–Kier alpha value is -1.61. The first kappa shape index (κ1) is 19.2. The molecule has 0 N–H and O–H groups in total. The Kier molecular flexibility index (Phi) is 5.57. The highest BCUT2D eigenvalue weighted by Crippen LogP contribution is 2.29. The average molecular weight is 400 g/mol. The van der Waals surface area contributed by atoms with Crippen LogP contribution in [0, 0.1) is 13.8 Å². The van der Waals surface area contributed by atoms with Crippen molar-refractivity contribution in [2.75, 3.05) is 33.3 Å². The van der Waals surface area contributed by atoms with Crippen molar-refractivity contribution >= 4 is 21.6 Å². The van der Waals surface area contributed by atoms with Crippen molar-refractivity contribution in [1.82, 2.24) is 14.4 Å². The van der Waals surface area contributed by atoms with Crippen molar-refractivity contribution in [2.45, 2.75) is 25.3 Å². The van der Waals surface area contributed by atoms with Crippen LogP contribution in [0.2, 0.25) is 5.02 Å². The highest BCUT2D eigenvalue weighted by Gasteiger charge is 2.29. The summed E-state index contributed by atoms with van der Waals surface area (Å²) in [5, 5.41) is 4.25. The molecule has 142 valence electrons. The molecule has 0 unspecified atom stereocenters. The third-order valence-corrected chi connectivity index (χ3v) is 6.85. The summed E-state index contributed by atoms with van der Waals surface area (Å²) in [6.45, 7) is 6.66. The molecule has 0 aliphatic carbocycles. The molecule has 7 nitrogen and oxygen atoms in total. The Morgan fingerprint density at radius 1 is 1.23 bits per heavy atom. The zero-order valence-corrected chi connectivity index (χ0v) is 16.6. The minimum Gasteiger partial charge on any atom is -0.495 e. The summed E-state index contributed by atoms with van der Waals surface area (Å²) < 4.78 is 37.5. The fraction of sp³-hybridized carbons (Fsp3) is 0.471. The maximum atomic E-state index is 12.9. The van der Waals surface area contributed by atoms with Crippen LogP contribution in [-0.4, -0.2) is 56.1 Å².